The average Bonchev–Trinajstić information content (AvgIpc) is 3.28. The summed E-state index contributed by atoms with van der Waals surface area (Å²) in [4.78, 5) is 46.5. The highest BCUT2D eigenvalue weighted by Crippen LogP contribution is 2.46. The Morgan fingerprint density at radius 1 is 1.15 bits per heavy atom. The Labute approximate surface area is 234 Å². The first kappa shape index (κ1) is 27.0. The predicted molar refractivity (Wildman–Crippen MR) is 143 cm³/mol. The maximum atomic E-state index is 15.1. The number of esters is 1. The van der Waals surface area contributed by atoms with Crippen molar-refractivity contribution < 1.29 is 37.7 Å². The fourth-order valence-corrected chi connectivity index (χ4v) is 5.82. The number of carbonyl (C=O) groups excluding carboxylic acids is 2. The van der Waals surface area contributed by atoms with Gasteiger partial charge in [0, 0.05) is 23.7 Å². The minimum atomic E-state index is -1.88. The van der Waals surface area contributed by atoms with E-state index >= 15 is 4.39 Å². The Kier molecular flexibility index (Phi) is 6.40. The van der Waals surface area contributed by atoms with Gasteiger partial charge in [-0.25, -0.2) is 19.0 Å². The molecular weight excluding hydrogens is 537 g/mol. The molecule has 1 aromatic carbocycles. The SMILES string of the molecule is CC[C@@]1(OC(=O)OC(C)C)C(=O)OCc2c1cc1n(c2=O)Cc2c-1nc1cc(F)c3c(c1c2CN(C)C)OCCO3. The zero-order valence-electron chi connectivity index (χ0n) is 23.5. The quantitative estimate of drug-likeness (QED) is 0.331. The second-order valence-corrected chi connectivity index (χ2v) is 10.9. The molecule has 3 aliphatic heterocycles. The van der Waals surface area contributed by atoms with Gasteiger partial charge in [0.2, 0.25) is 5.60 Å². The van der Waals surface area contributed by atoms with Crippen molar-refractivity contribution >= 4 is 23.0 Å². The fraction of sp³-hybridized carbons (Fsp3) is 0.448. The van der Waals surface area contributed by atoms with Crippen LogP contribution in [0.25, 0.3) is 22.3 Å². The molecule has 12 heteroatoms. The number of benzene rings is 1. The van der Waals surface area contributed by atoms with Crippen molar-refractivity contribution in [2.75, 3.05) is 27.3 Å². The van der Waals surface area contributed by atoms with E-state index in [4.69, 9.17) is 28.7 Å². The summed E-state index contributed by atoms with van der Waals surface area (Å²) in [5.74, 6) is -1.05. The summed E-state index contributed by atoms with van der Waals surface area (Å²) in [6.07, 6.45) is -1.53. The lowest BCUT2D eigenvalue weighted by molar-refractivity contribution is -0.176. The number of ether oxygens (including phenoxy) is 5. The highest BCUT2D eigenvalue weighted by atomic mass is 19.1. The first-order valence-electron chi connectivity index (χ1n) is 13.5. The van der Waals surface area contributed by atoms with Crippen molar-refractivity contribution in [1.82, 2.24) is 14.5 Å². The maximum Gasteiger partial charge on any atom is 0.510 e. The standard InChI is InChI=1S/C29H30FN3O8/c1-6-29(41-28(36)40-14(2)3)18-9-21-23-16(12-33(21)26(34)17(18)13-39-27(29)35)15(11-32(4)5)22-20(31-23)10-19(30)24-25(22)38-8-7-37-24/h9-10,14H,6-8,11-13H2,1-5H3/t29-/m0/s1. The van der Waals surface area contributed by atoms with Gasteiger partial charge in [0.15, 0.2) is 17.3 Å². The summed E-state index contributed by atoms with van der Waals surface area (Å²) in [7, 11) is 3.82. The zero-order chi connectivity index (χ0) is 29.2. The second kappa shape index (κ2) is 9.72. The number of carbonyl (C=O) groups is 2. The first-order valence-corrected chi connectivity index (χ1v) is 13.5. The number of halogens is 1. The van der Waals surface area contributed by atoms with Crippen LogP contribution in [-0.2, 0) is 44.3 Å². The average molecular weight is 568 g/mol. The molecule has 3 aliphatic rings. The van der Waals surface area contributed by atoms with Crippen LogP contribution in [0.1, 0.15) is 49.4 Å². The van der Waals surface area contributed by atoms with E-state index in [0.29, 0.717) is 34.6 Å². The summed E-state index contributed by atoms with van der Waals surface area (Å²) < 4.78 is 44.3. The smallest absolute Gasteiger partial charge is 0.485 e. The third-order valence-electron chi connectivity index (χ3n) is 7.56. The maximum absolute atomic E-state index is 15.1. The molecule has 6 rings (SSSR count). The molecule has 0 bridgehead atoms. The molecule has 0 saturated carbocycles. The minimum absolute atomic E-state index is 0.00743. The Morgan fingerprint density at radius 3 is 2.56 bits per heavy atom. The van der Waals surface area contributed by atoms with E-state index in [9.17, 15) is 14.4 Å². The van der Waals surface area contributed by atoms with Gasteiger partial charge in [-0.2, -0.15) is 0 Å². The van der Waals surface area contributed by atoms with E-state index in [1.807, 2.05) is 19.0 Å². The van der Waals surface area contributed by atoms with Gasteiger partial charge in [0.1, 0.15) is 19.8 Å². The molecule has 0 amide bonds. The van der Waals surface area contributed by atoms with Crippen LogP contribution in [0.15, 0.2) is 16.9 Å². The monoisotopic (exact) mass is 567 g/mol. The lowest BCUT2D eigenvalue weighted by atomic mass is 9.85. The molecule has 0 N–H and O–H groups in total. The van der Waals surface area contributed by atoms with Crippen LogP contribution < -0.4 is 15.0 Å². The normalized spacial score (nSPS) is 18.7. The van der Waals surface area contributed by atoms with Crippen LogP contribution in [0.4, 0.5) is 9.18 Å². The molecule has 0 spiro atoms. The molecule has 3 aromatic rings. The van der Waals surface area contributed by atoms with Gasteiger partial charge in [-0.15, -0.1) is 0 Å². The van der Waals surface area contributed by atoms with Crippen LogP contribution >= 0.6 is 0 Å². The van der Waals surface area contributed by atoms with Crippen LogP contribution in [0.5, 0.6) is 11.5 Å². The molecule has 41 heavy (non-hydrogen) atoms. The van der Waals surface area contributed by atoms with Gasteiger partial charge in [0.25, 0.3) is 5.56 Å². The molecule has 0 fully saturated rings. The van der Waals surface area contributed by atoms with Gasteiger partial charge in [0.05, 0.1) is 40.5 Å². The predicted octanol–water partition coefficient (Wildman–Crippen LogP) is 3.62. The van der Waals surface area contributed by atoms with E-state index in [-0.39, 0.29) is 49.7 Å². The summed E-state index contributed by atoms with van der Waals surface area (Å²) in [5.41, 5.74) is 0.995. The second-order valence-electron chi connectivity index (χ2n) is 10.9. The molecule has 11 nitrogen and oxygen atoms in total. The minimum Gasteiger partial charge on any atom is -0.485 e. The molecule has 0 unspecified atom stereocenters. The zero-order valence-corrected chi connectivity index (χ0v) is 23.5. The Morgan fingerprint density at radius 2 is 1.88 bits per heavy atom. The van der Waals surface area contributed by atoms with E-state index in [1.54, 1.807) is 31.4 Å². The summed E-state index contributed by atoms with van der Waals surface area (Å²) >= 11 is 0. The van der Waals surface area contributed by atoms with Gasteiger partial charge in [-0.1, -0.05) is 6.92 Å². The Bertz CT molecular complexity index is 1680. The molecule has 2 aromatic heterocycles. The number of cyclic esters (lactones) is 1. The summed E-state index contributed by atoms with van der Waals surface area (Å²) in [6, 6.07) is 2.96. The van der Waals surface area contributed by atoms with E-state index in [1.165, 1.54) is 6.07 Å². The molecular formula is C29H30FN3O8. The van der Waals surface area contributed by atoms with Crippen LogP contribution in [-0.4, -0.2) is 60.0 Å². The van der Waals surface area contributed by atoms with Crippen LogP contribution in [0, 0.1) is 5.82 Å². The van der Waals surface area contributed by atoms with E-state index in [0.717, 1.165) is 11.1 Å². The Hall–Kier alpha value is -4.19. The van der Waals surface area contributed by atoms with Gasteiger partial charge < -0.3 is 33.2 Å². The number of fused-ring (bicyclic) bond motifs is 7. The van der Waals surface area contributed by atoms with E-state index in [2.05, 4.69) is 0 Å². The third-order valence-corrected chi connectivity index (χ3v) is 7.56. The van der Waals surface area contributed by atoms with Crippen LogP contribution in [0.3, 0.4) is 0 Å². The summed E-state index contributed by atoms with van der Waals surface area (Å²) in [5, 5.41) is 0.625. The first-order chi connectivity index (χ1) is 19.6. The number of hydrogen-bond acceptors (Lipinski definition) is 10. The van der Waals surface area contributed by atoms with Crippen molar-refractivity contribution in [2.45, 2.75) is 58.6 Å². The molecule has 0 saturated heterocycles. The fourth-order valence-electron chi connectivity index (χ4n) is 5.82. The number of rotatable bonds is 5. The number of aromatic nitrogens is 2. The molecule has 0 aliphatic carbocycles. The van der Waals surface area contributed by atoms with Crippen LogP contribution in [0.2, 0.25) is 0 Å². The lowest BCUT2D eigenvalue weighted by Crippen LogP contribution is -2.47. The largest absolute Gasteiger partial charge is 0.510 e. The van der Waals surface area contributed by atoms with Crippen molar-refractivity contribution in [1.29, 1.82) is 0 Å². The summed E-state index contributed by atoms with van der Waals surface area (Å²) in [6.45, 7) is 5.85. The number of nitrogens with zero attached hydrogens (tertiary/aromatic N) is 3. The Balaban J connectivity index is 1.60. The molecule has 5 heterocycles. The van der Waals surface area contributed by atoms with E-state index < -0.39 is 35.2 Å². The lowest BCUT2D eigenvalue weighted by Gasteiger charge is -2.35. The highest BCUT2D eigenvalue weighted by molar-refractivity contribution is 5.95. The molecule has 0 radical (unpaired) electrons. The molecule has 216 valence electrons. The number of hydrogen-bond donors (Lipinski definition) is 0. The van der Waals surface area contributed by atoms with Crippen molar-refractivity contribution in [2.24, 2.45) is 0 Å². The topological polar surface area (TPSA) is 118 Å². The number of pyridine rings is 2. The van der Waals surface area contributed by atoms with Crippen molar-refractivity contribution in [3.8, 4) is 22.9 Å². The highest BCUT2D eigenvalue weighted by Gasteiger charge is 2.51. The van der Waals surface area contributed by atoms with Gasteiger partial charge in [-0.3, -0.25) is 4.79 Å². The molecule has 1 atom stereocenters. The van der Waals surface area contributed by atoms with Crippen molar-refractivity contribution in [3.63, 3.8) is 0 Å². The third kappa shape index (κ3) is 4.11. The van der Waals surface area contributed by atoms with Gasteiger partial charge in [-0.05, 0) is 46.0 Å². The van der Waals surface area contributed by atoms with Gasteiger partial charge >= 0.3 is 12.1 Å². The van der Waals surface area contributed by atoms with Crippen molar-refractivity contribution in [3.05, 3.63) is 50.6 Å².